The zero-order chi connectivity index (χ0) is 11.7. The van der Waals surface area contributed by atoms with E-state index in [0.29, 0.717) is 0 Å². The van der Waals surface area contributed by atoms with Crippen molar-refractivity contribution in [2.24, 2.45) is 5.73 Å². The molecule has 2 N–H and O–H groups in total. The minimum atomic E-state index is -0.0424. The summed E-state index contributed by atoms with van der Waals surface area (Å²) < 4.78 is 1.12. The molecule has 3 heteroatoms. The fraction of sp³-hybridized carbons (Fsp3) is 0.231. The zero-order valence-corrected chi connectivity index (χ0v) is 11.7. The van der Waals surface area contributed by atoms with Crippen LogP contribution in [-0.4, -0.2) is 0 Å². The predicted molar refractivity (Wildman–Crippen MR) is 74.0 cm³/mol. The molecule has 0 saturated heterocycles. The van der Waals surface area contributed by atoms with Gasteiger partial charge in [-0.15, -0.1) is 11.3 Å². The normalized spacial score (nSPS) is 12.8. The smallest absolute Gasteiger partial charge is 0.0571 e. The lowest BCUT2D eigenvalue weighted by molar-refractivity contribution is 0.868. The number of hydrogen-bond donors (Lipinski definition) is 1. The van der Waals surface area contributed by atoms with Crippen LogP contribution in [-0.2, 0) is 0 Å². The van der Waals surface area contributed by atoms with Gasteiger partial charge in [-0.3, -0.25) is 0 Å². The average Bonchev–Trinajstić information content (AvgIpc) is 2.68. The van der Waals surface area contributed by atoms with Crippen molar-refractivity contribution in [3.63, 3.8) is 0 Å². The van der Waals surface area contributed by atoms with Crippen molar-refractivity contribution in [2.45, 2.75) is 19.9 Å². The maximum Gasteiger partial charge on any atom is 0.0571 e. The van der Waals surface area contributed by atoms with Gasteiger partial charge in [0, 0.05) is 9.35 Å². The van der Waals surface area contributed by atoms with E-state index < -0.39 is 0 Å². The molecule has 0 aliphatic carbocycles. The van der Waals surface area contributed by atoms with Crippen molar-refractivity contribution in [3.05, 3.63) is 55.7 Å². The van der Waals surface area contributed by atoms with E-state index in [9.17, 15) is 0 Å². The second kappa shape index (κ2) is 4.70. The Bertz CT molecular complexity index is 504. The highest BCUT2D eigenvalue weighted by molar-refractivity contribution is 9.10. The fourth-order valence-electron chi connectivity index (χ4n) is 1.72. The molecule has 1 atom stereocenters. The molecule has 0 aliphatic rings. The number of hydrogen-bond acceptors (Lipinski definition) is 2. The molecule has 1 heterocycles. The van der Waals surface area contributed by atoms with Crippen molar-refractivity contribution in [1.29, 1.82) is 0 Å². The predicted octanol–water partition coefficient (Wildman–Crippen LogP) is 4.18. The molecule has 0 radical (unpaired) electrons. The van der Waals surface area contributed by atoms with E-state index in [1.54, 1.807) is 11.3 Å². The van der Waals surface area contributed by atoms with Gasteiger partial charge in [0.25, 0.3) is 0 Å². The zero-order valence-electron chi connectivity index (χ0n) is 9.33. The molecule has 1 aromatic heterocycles. The monoisotopic (exact) mass is 295 g/mol. The first kappa shape index (κ1) is 11.8. The topological polar surface area (TPSA) is 26.0 Å². The molecule has 84 valence electrons. The number of nitrogens with two attached hydrogens (primary N) is 1. The van der Waals surface area contributed by atoms with Gasteiger partial charge in [-0.25, -0.2) is 0 Å². The van der Waals surface area contributed by atoms with Gasteiger partial charge in [-0.1, -0.05) is 34.1 Å². The third kappa shape index (κ3) is 2.21. The van der Waals surface area contributed by atoms with Crippen LogP contribution in [0.1, 0.15) is 27.6 Å². The van der Waals surface area contributed by atoms with Gasteiger partial charge in [0.15, 0.2) is 0 Å². The van der Waals surface area contributed by atoms with Crippen LogP contribution < -0.4 is 5.73 Å². The summed E-state index contributed by atoms with van der Waals surface area (Å²) in [6.45, 7) is 4.19. The number of benzene rings is 1. The summed E-state index contributed by atoms with van der Waals surface area (Å²) in [6.07, 6.45) is 0. The third-order valence-corrected chi connectivity index (χ3v) is 4.63. The van der Waals surface area contributed by atoms with Crippen molar-refractivity contribution in [2.75, 3.05) is 0 Å². The number of aryl methyl sites for hydroxylation is 2. The highest BCUT2D eigenvalue weighted by Crippen LogP contribution is 2.30. The molecule has 1 nitrogen and oxygen atoms in total. The SMILES string of the molecule is Cc1cc(C(N)c2cccc(C)c2Br)cs1. The van der Waals surface area contributed by atoms with E-state index in [-0.39, 0.29) is 6.04 Å². The Kier molecular flexibility index (Phi) is 3.47. The summed E-state index contributed by atoms with van der Waals surface area (Å²) in [4.78, 5) is 1.30. The average molecular weight is 296 g/mol. The lowest BCUT2D eigenvalue weighted by atomic mass is 10.0. The Labute approximate surface area is 108 Å². The van der Waals surface area contributed by atoms with Crippen LogP contribution in [0.5, 0.6) is 0 Å². The van der Waals surface area contributed by atoms with Gasteiger partial charge in [0.2, 0.25) is 0 Å². The standard InChI is InChI=1S/C13H14BrNS/c1-8-4-3-5-11(12(8)14)13(15)10-6-9(2)16-7-10/h3-7,13H,15H2,1-2H3. The van der Waals surface area contributed by atoms with E-state index >= 15 is 0 Å². The van der Waals surface area contributed by atoms with Crippen molar-refractivity contribution in [3.8, 4) is 0 Å². The summed E-state index contributed by atoms with van der Waals surface area (Å²) in [5, 5.41) is 2.13. The molecule has 16 heavy (non-hydrogen) atoms. The van der Waals surface area contributed by atoms with E-state index in [1.807, 2.05) is 0 Å². The molecular formula is C13H14BrNS. The van der Waals surface area contributed by atoms with Crippen LogP contribution >= 0.6 is 27.3 Å². The second-order valence-corrected chi connectivity index (χ2v) is 5.85. The first-order valence-corrected chi connectivity index (χ1v) is 6.82. The van der Waals surface area contributed by atoms with Crippen molar-refractivity contribution >= 4 is 27.3 Å². The first-order chi connectivity index (χ1) is 7.59. The van der Waals surface area contributed by atoms with Crippen molar-refractivity contribution < 1.29 is 0 Å². The van der Waals surface area contributed by atoms with Gasteiger partial charge in [0.05, 0.1) is 6.04 Å². The molecule has 0 aliphatic heterocycles. The third-order valence-electron chi connectivity index (χ3n) is 2.67. The second-order valence-electron chi connectivity index (χ2n) is 3.95. The summed E-state index contributed by atoms with van der Waals surface area (Å²) in [6, 6.07) is 8.33. The number of rotatable bonds is 2. The Morgan fingerprint density at radius 3 is 2.69 bits per heavy atom. The van der Waals surface area contributed by atoms with Crippen LogP contribution in [0, 0.1) is 13.8 Å². The Morgan fingerprint density at radius 1 is 1.31 bits per heavy atom. The van der Waals surface area contributed by atoms with Crippen LogP contribution in [0.3, 0.4) is 0 Å². The van der Waals surface area contributed by atoms with Gasteiger partial charge in [-0.05, 0) is 42.0 Å². The molecule has 0 spiro atoms. The summed E-state index contributed by atoms with van der Waals surface area (Å²) in [7, 11) is 0. The van der Waals surface area contributed by atoms with Gasteiger partial charge in [0.1, 0.15) is 0 Å². The van der Waals surface area contributed by atoms with Crippen molar-refractivity contribution in [1.82, 2.24) is 0 Å². The van der Waals surface area contributed by atoms with Crippen LogP contribution in [0.2, 0.25) is 0 Å². The quantitative estimate of drug-likeness (QED) is 0.884. The van der Waals surface area contributed by atoms with Gasteiger partial charge < -0.3 is 5.73 Å². The molecular weight excluding hydrogens is 282 g/mol. The highest BCUT2D eigenvalue weighted by atomic mass is 79.9. The van der Waals surface area contributed by atoms with E-state index in [1.165, 1.54) is 16.0 Å². The molecule has 0 amide bonds. The Morgan fingerprint density at radius 2 is 2.06 bits per heavy atom. The molecule has 0 bridgehead atoms. The highest BCUT2D eigenvalue weighted by Gasteiger charge is 2.14. The number of thiophene rings is 1. The van der Waals surface area contributed by atoms with Gasteiger partial charge in [-0.2, -0.15) is 0 Å². The fourth-order valence-corrected chi connectivity index (χ4v) is 2.97. The number of halogens is 1. The van der Waals surface area contributed by atoms with Crippen LogP contribution in [0.4, 0.5) is 0 Å². The molecule has 1 aromatic carbocycles. The van der Waals surface area contributed by atoms with E-state index in [2.05, 4.69) is 59.4 Å². The van der Waals surface area contributed by atoms with Crippen LogP contribution in [0.25, 0.3) is 0 Å². The Balaban J connectivity index is 2.41. The largest absolute Gasteiger partial charge is 0.320 e. The lowest BCUT2D eigenvalue weighted by Gasteiger charge is -2.14. The van der Waals surface area contributed by atoms with E-state index in [0.717, 1.165) is 10.0 Å². The molecule has 2 rings (SSSR count). The maximum atomic E-state index is 6.28. The molecule has 0 saturated carbocycles. The summed E-state index contributed by atoms with van der Waals surface area (Å²) >= 11 is 5.35. The molecule has 1 unspecified atom stereocenters. The van der Waals surface area contributed by atoms with Gasteiger partial charge >= 0.3 is 0 Å². The maximum absolute atomic E-state index is 6.28. The van der Waals surface area contributed by atoms with Crippen LogP contribution in [0.15, 0.2) is 34.1 Å². The van der Waals surface area contributed by atoms with E-state index in [4.69, 9.17) is 5.73 Å². The molecule has 2 aromatic rings. The lowest BCUT2D eigenvalue weighted by Crippen LogP contribution is -2.11. The minimum Gasteiger partial charge on any atom is -0.320 e. The first-order valence-electron chi connectivity index (χ1n) is 5.15. The minimum absolute atomic E-state index is 0.0424. The summed E-state index contributed by atoms with van der Waals surface area (Å²) in [5.74, 6) is 0. The Hall–Kier alpha value is -0.640. The summed E-state index contributed by atoms with van der Waals surface area (Å²) in [5.41, 5.74) is 9.84. The molecule has 0 fully saturated rings.